The van der Waals surface area contributed by atoms with Crippen molar-refractivity contribution < 1.29 is 20.1 Å². The van der Waals surface area contributed by atoms with E-state index in [0.29, 0.717) is 0 Å². The summed E-state index contributed by atoms with van der Waals surface area (Å²) in [5.74, 6) is 0. The summed E-state index contributed by atoms with van der Waals surface area (Å²) in [5, 5.41) is 29.2. The summed E-state index contributed by atoms with van der Waals surface area (Å²) in [5.41, 5.74) is 0.592. The van der Waals surface area contributed by atoms with E-state index >= 15 is 0 Å². The van der Waals surface area contributed by atoms with Gasteiger partial charge in [-0.1, -0.05) is 29.5 Å². The maximum absolute atomic E-state index is 9.89. The van der Waals surface area contributed by atoms with Crippen LogP contribution in [0.15, 0.2) is 29.2 Å². The molecule has 0 amide bonds. The van der Waals surface area contributed by atoms with Gasteiger partial charge in [0.05, 0.1) is 6.10 Å². The van der Waals surface area contributed by atoms with Crippen molar-refractivity contribution in [3.05, 3.63) is 29.8 Å². The summed E-state index contributed by atoms with van der Waals surface area (Å²) in [4.78, 5) is 0.959. The lowest BCUT2D eigenvalue weighted by Gasteiger charge is -2.38. The number of aliphatic hydroxyl groups excluding tert-OH is 3. The second-order valence-electron chi connectivity index (χ2n) is 4.61. The molecular formula is C13H18O4S. The number of hydrogen-bond donors (Lipinski definition) is 3. The number of hydrogen-bond acceptors (Lipinski definition) is 5. The highest BCUT2D eigenvalue weighted by atomic mass is 32.2. The fourth-order valence-corrected chi connectivity index (χ4v) is 2.95. The van der Waals surface area contributed by atoms with E-state index in [1.54, 1.807) is 6.92 Å². The van der Waals surface area contributed by atoms with Crippen LogP contribution >= 0.6 is 11.8 Å². The van der Waals surface area contributed by atoms with Gasteiger partial charge in [0.25, 0.3) is 0 Å². The zero-order valence-corrected chi connectivity index (χ0v) is 11.2. The largest absolute Gasteiger partial charge is 0.388 e. The molecule has 1 fully saturated rings. The van der Waals surface area contributed by atoms with E-state index in [4.69, 9.17) is 4.74 Å². The van der Waals surface area contributed by atoms with E-state index in [1.807, 2.05) is 31.2 Å². The average Bonchev–Trinajstić information content (AvgIpc) is 2.36. The van der Waals surface area contributed by atoms with Crippen LogP contribution in [-0.4, -0.2) is 45.2 Å². The van der Waals surface area contributed by atoms with Crippen molar-refractivity contribution in [1.82, 2.24) is 0 Å². The first kappa shape index (κ1) is 13.8. The monoisotopic (exact) mass is 270 g/mol. The van der Waals surface area contributed by atoms with Crippen LogP contribution in [0, 0.1) is 6.92 Å². The Labute approximate surface area is 111 Å². The predicted octanol–water partition coefficient (Wildman–Crippen LogP) is 0.915. The number of thioether (sulfide) groups is 1. The van der Waals surface area contributed by atoms with Gasteiger partial charge in [-0.05, 0) is 26.0 Å². The SMILES string of the molecule is Cc1ccc(S[C@H]2O[C@H](C)[C@@H](O)[C@H](O)[C@@H]2O)cc1. The van der Waals surface area contributed by atoms with Gasteiger partial charge in [0.15, 0.2) is 0 Å². The Morgan fingerprint density at radius 3 is 2.22 bits per heavy atom. The minimum Gasteiger partial charge on any atom is -0.388 e. The van der Waals surface area contributed by atoms with Gasteiger partial charge in [-0.2, -0.15) is 0 Å². The number of benzene rings is 1. The van der Waals surface area contributed by atoms with Gasteiger partial charge < -0.3 is 20.1 Å². The van der Waals surface area contributed by atoms with Gasteiger partial charge in [-0.25, -0.2) is 0 Å². The summed E-state index contributed by atoms with van der Waals surface area (Å²) >= 11 is 1.35. The van der Waals surface area contributed by atoms with E-state index < -0.39 is 29.9 Å². The quantitative estimate of drug-likeness (QED) is 0.745. The minimum absolute atomic E-state index is 0.494. The molecule has 18 heavy (non-hydrogen) atoms. The van der Waals surface area contributed by atoms with Crippen molar-refractivity contribution in [2.24, 2.45) is 0 Å². The van der Waals surface area contributed by atoms with Crippen molar-refractivity contribution in [2.45, 2.75) is 48.6 Å². The summed E-state index contributed by atoms with van der Waals surface area (Å²) in [6.45, 7) is 3.69. The Balaban J connectivity index is 2.06. The molecule has 0 spiro atoms. The first-order chi connectivity index (χ1) is 8.49. The molecule has 5 atom stereocenters. The van der Waals surface area contributed by atoms with Crippen molar-refractivity contribution >= 4 is 11.8 Å². The van der Waals surface area contributed by atoms with Crippen LogP contribution in [0.3, 0.4) is 0 Å². The molecule has 1 aromatic carbocycles. The van der Waals surface area contributed by atoms with Gasteiger partial charge >= 0.3 is 0 Å². The molecule has 2 rings (SSSR count). The Morgan fingerprint density at radius 2 is 1.61 bits per heavy atom. The zero-order chi connectivity index (χ0) is 13.3. The van der Waals surface area contributed by atoms with Crippen LogP contribution in [-0.2, 0) is 4.74 Å². The highest BCUT2D eigenvalue weighted by molar-refractivity contribution is 7.99. The van der Waals surface area contributed by atoms with Crippen LogP contribution in [0.2, 0.25) is 0 Å². The molecule has 0 saturated carbocycles. The van der Waals surface area contributed by atoms with E-state index in [0.717, 1.165) is 10.5 Å². The Hall–Kier alpha value is -0.590. The van der Waals surface area contributed by atoms with Crippen LogP contribution in [0.25, 0.3) is 0 Å². The highest BCUT2D eigenvalue weighted by Gasteiger charge is 2.42. The summed E-state index contributed by atoms with van der Waals surface area (Å²) in [6, 6.07) is 7.84. The first-order valence-corrected chi connectivity index (χ1v) is 6.80. The van der Waals surface area contributed by atoms with Gasteiger partial charge in [-0.15, -0.1) is 0 Å². The van der Waals surface area contributed by atoms with E-state index in [9.17, 15) is 15.3 Å². The maximum Gasteiger partial charge on any atom is 0.136 e. The van der Waals surface area contributed by atoms with E-state index in [1.165, 1.54) is 11.8 Å². The fourth-order valence-electron chi connectivity index (χ4n) is 1.86. The molecule has 1 heterocycles. The van der Waals surface area contributed by atoms with Gasteiger partial charge in [0.2, 0.25) is 0 Å². The van der Waals surface area contributed by atoms with Crippen molar-refractivity contribution in [1.29, 1.82) is 0 Å². The third kappa shape index (κ3) is 2.87. The summed E-state index contributed by atoms with van der Waals surface area (Å²) in [7, 11) is 0. The van der Waals surface area contributed by atoms with Crippen molar-refractivity contribution in [3.8, 4) is 0 Å². The van der Waals surface area contributed by atoms with E-state index in [-0.39, 0.29) is 0 Å². The zero-order valence-electron chi connectivity index (χ0n) is 10.4. The standard InChI is InChI=1S/C13H18O4S/c1-7-3-5-9(6-4-7)18-13-12(16)11(15)10(14)8(2)17-13/h3-6,8,10-16H,1-2H3/t8-,10-,11+,12+,13-/m1/s1. The molecule has 0 bridgehead atoms. The normalized spacial score (nSPS) is 36.6. The second-order valence-corrected chi connectivity index (χ2v) is 5.78. The maximum atomic E-state index is 9.89. The van der Waals surface area contributed by atoms with E-state index in [2.05, 4.69) is 0 Å². The predicted molar refractivity (Wildman–Crippen MR) is 69.4 cm³/mol. The summed E-state index contributed by atoms with van der Waals surface area (Å²) < 4.78 is 5.52. The lowest BCUT2D eigenvalue weighted by atomic mass is 10.0. The lowest BCUT2D eigenvalue weighted by Crippen LogP contribution is -2.55. The molecule has 4 nitrogen and oxygen atoms in total. The fraction of sp³-hybridized carbons (Fsp3) is 0.538. The molecule has 100 valence electrons. The molecular weight excluding hydrogens is 252 g/mol. The van der Waals surface area contributed by atoms with Gasteiger partial charge in [0.1, 0.15) is 23.7 Å². The van der Waals surface area contributed by atoms with Crippen molar-refractivity contribution in [2.75, 3.05) is 0 Å². The number of aliphatic hydroxyl groups is 3. The van der Waals surface area contributed by atoms with Gasteiger partial charge in [0, 0.05) is 4.90 Å². The number of aryl methyl sites for hydroxylation is 1. The van der Waals surface area contributed by atoms with Crippen LogP contribution in [0.5, 0.6) is 0 Å². The number of ether oxygens (including phenoxy) is 1. The molecule has 1 aliphatic heterocycles. The average molecular weight is 270 g/mol. The number of rotatable bonds is 2. The second kappa shape index (κ2) is 5.59. The third-order valence-electron chi connectivity index (χ3n) is 3.08. The van der Waals surface area contributed by atoms with Crippen LogP contribution in [0.4, 0.5) is 0 Å². The topological polar surface area (TPSA) is 69.9 Å². The molecule has 0 unspecified atom stereocenters. The molecule has 3 N–H and O–H groups in total. The third-order valence-corrected chi connectivity index (χ3v) is 4.25. The molecule has 0 aromatic heterocycles. The van der Waals surface area contributed by atoms with Gasteiger partial charge in [-0.3, -0.25) is 0 Å². The highest BCUT2D eigenvalue weighted by Crippen LogP contribution is 2.33. The van der Waals surface area contributed by atoms with Crippen LogP contribution in [0.1, 0.15) is 12.5 Å². The molecule has 1 aliphatic rings. The summed E-state index contributed by atoms with van der Waals surface area (Å²) in [6.07, 6.45) is -3.81. The van der Waals surface area contributed by atoms with Crippen molar-refractivity contribution in [3.63, 3.8) is 0 Å². The molecule has 1 aromatic rings. The molecule has 0 radical (unpaired) electrons. The first-order valence-electron chi connectivity index (χ1n) is 5.92. The molecule has 1 saturated heterocycles. The lowest BCUT2D eigenvalue weighted by molar-refractivity contribution is -0.192. The Kier molecular flexibility index (Phi) is 4.29. The Bertz CT molecular complexity index is 394. The minimum atomic E-state index is -1.17. The molecule has 0 aliphatic carbocycles. The molecule has 5 heteroatoms. The Morgan fingerprint density at radius 1 is 1.00 bits per heavy atom. The smallest absolute Gasteiger partial charge is 0.136 e. The van der Waals surface area contributed by atoms with Crippen LogP contribution < -0.4 is 0 Å².